The Balaban J connectivity index is 3.68. The van der Waals surface area contributed by atoms with E-state index in [0.29, 0.717) is 5.06 Å². The Morgan fingerprint density at radius 3 is 2.56 bits per heavy atom. The summed E-state index contributed by atoms with van der Waals surface area (Å²) in [5, 5.41) is 0.431. The molecule has 0 aromatic heterocycles. The molecule has 9 heavy (non-hydrogen) atoms. The van der Waals surface area contributed by atoms with Gasteiger partial charge in [0.1, 0.15) is 0 Å². The Labute approximate surface area is 52.3 Å². The van der Waals surface area contributed by atoms with E-state index in [2.05, 4.69) is 10.6 Å². The van der Waals surface area contributed by atoms with Gasteiger partial charge in [-0.25, -0.2) is 4.79 Å². The SMILES string of the molecule is CCON(C=O)C(N)=O. The fourth-order valence-corrected chi connectivity index (χ4v) is 0.285. The summed E-state index contributed by atoms with van der Waals surface area (Å²) in [5.74, 6) is 0. The molecule has 0 aliphatic carbocycles. The predicted octanol–water partition coefficient (Wildman–Crippen LogP) is -0.525. The van der Waals surface area contributed by atoms with Crippen LogP contribution in [-0.4, -0.2) is 24.1 Å². The van der Waals surface area contributed by atoms with E-state index >= 15 is 0 Å². The number of imide groups is 1. The molecule has 5 heteroatoms. The number of rotatable bonds is 3. The molecule has 0 heterocycles. The minimum atomic E-state index is -0.910. The maximum atomic E-state index is 10.1. The molecule has 0 aromatic carbocycles. The van der Waals surface area contributed by atoms with Crippen LogP contribution in [0.15, 0.2) is 0 Å². The molecule has 52 valence electrons. The van der Waals surface area contributed by atoms with Crippen molar-refractivity contribution >= 4 is 12.4 Å². The molecule has 3 amide bonds. The third-order valence-corrected chi connectivity index (χ3v) is 0.581. The Morgan fingerprint density at radius 1 is 1.89 bits per heavy atom. The second kappa shape index (κ2) is 3.85. The van der Waals surface area contributed by atoms with Crippen molar-refractivity contribution in [3.63, 3.8) is 0 Å². The summed E-state index contributed by atoms with van der Waals surface area (Å²) in [5.41, 5.74) is 4.66. The number of carbonyl (C=O) groups excluding carboxylic acids is 2. The van der Waals surface area contributed by atoms with Gasteiger partial charge in [0.25, 0.3) is 0 Å². The van der Waals surface area contributed by atoms with Crippen LogP contribution in [0, 0.1) is 0 Å². The maximum Gasteiger partial charge on any atom is 0.345 e. The van der Waals surface area contributed by atoms with Gasteiger partial charge < -0.3 is 5.73 Å². The number of primary amides is 1. The molecule has 0 bridgehead atoms. The molecule has 0 unspecified atom stereocenters. The largest absolute Gasteiger partial charge is 0.349 e. The molecule has 0 aliphatic heterocycles. The summed E-state index contributed by atoms with van der Waals surface area (Å²) < 4.78 is 0. The smallest absolute Gasteiger partial charge is 0.345 e. The molecule has 0 atom stereocenters. The van der Waals surface area contributed by atoms with Crippen LogP contribution in [0.1, 0.15) is 6.92 Å². The number of hydrogen-bond acceptors (Lipinski definition) is 3. The Hall–Kier alpha value is -1.10. The quantitative estimate of drug-likeness (QED) is 0.414. The van der Waals surface area contributed by atoms with Crippen molar-refractivity contribution < 1.29 is 14.4 Å². The van der Waals surface area contributed by atoms with E-state index in [1.165, 1.54) is 0 Å². The van der Waals surface area contributed by atoms with Crippen molar-refractivity contribution in [2.24, 2.45) is 5.73 Å². The molecule has 0 rings (SSSR count). The molecule has 0 saturated carbocycles. The van der Waals surface area contributed by atoms with Crippen LogP contribution in [0.5, 0.6) is 0 Å². The zero-order valence-corrected chi connectivity index (χ0v) is 5.03. The molecule has 5 nitrogen and oxygen atoms in total. The average Bonchev–Trinajstić information content (AvgIpc) is 1.82. The van der Waals surface area contributed by atoms with Gasteiger partial charge in [0.05, 0.1) is 6.61 Å². The van der Waals surface area contributed by atoms with Gasteiger partial charge in [0.15, 0.2) is 0 Å². The lowest BCUT2D eigenvalue weighted by Gasteiger charge is -2.08. The average molecular weight is 132 g/mol. The van der Waals surface area contributed by atoms with Gasteiger partial charge in [0, 0.05) is 0 Å². The highest BCUT2D eigenvalue weighted by molar-refractivity contribution is 5.81. The van der Waals surface area contributed by atoms with Crippen LogP contribution in [0.25, 0.3) is 0 Å². The van der Waals surface area contributed by atoms with Gasteiger partial charge >= 0.3 is 6.03 Å². The number of hydroxylamine groups is 2. The normalized spacial score (nSPS) is 8.56. The van der Waals surface area contributed by atoms with E-state index in [0.717, 1.165) is 0 Å². The van der Waals surface area contributed by atoms with Crippen LogP contribution < -0.4 is 5.73 Å². The molecule has 0 aliphatic rings. The third kappa shape index (κ3) is 2.65. The Morgan fingerprint density at radius 2 is 2.44 bits per heavy atom. The van der Waals surface area contributed by atoms with Crippen LogP contribution in [0.4, 0.5) is 4.79 Å². The molecular weight excluding hydrogens is 124 g/mol. The highest BCUT2D eigenvalue weighted by Gasteiger charge is 2.05. The van der Waals surface area contributed by atoms with Gasteiger partial charge in [-0.1, -0.05) is 0 Å². The highest BCUT2D eigenvalue weighted by Crippen LogP contribution is 1.82. The van der Waals surface area contributed by atoms with Crippen molar-refractivity contribution in [2.75, 3.05) is 6.61 Å². The molecule has 0 saturated heterocycles. The fraction of sp³-hybridized carbons (Fsp3) is 0.500. The first-order valence-corrected chi connectivity index (χ1v) is 2.39. The number of carbonyl (C=O) groups is 2. The van der Waals surface area contributed by atoms with Gasteiger partial charge in [-0.05, 0) is 6.92 Å². The monoisotopic (exact) mass is 132 g/mol. The second-order valence-electron chi connectivity index (χ2n) is 1.19. The number of nitrogens with two attached hydrogens (primary N) is 1. The summed E-state index contributed by atoms with van der Waals surface area (Å²) in [6, 6.07) is -0.910. The lowest BCUT2D eigenvalue weighted by atomic mass is 10.9. The number of amides is 3. The molecule has 0 aromatic rings. The second-order valence-corrected chi connectivity index (χ2v) is 1.19. The molecule has 0 fully saturated rings. The summed E-state index contributed by atoms with van der Waals surface area (Å²) in [4.78, 5) is 24.4. The van der Waals surface area contributed by atoms with Crippen molar-refractivity contribution in [3.05, 3.63) is 0 Å². The van der Waals surface area contributed by atoms with Crippen LogP contribution in [0.3, 0.4) is 0 Å². The van der Waals surface area contributed by atoms with Crippen molar-refractivity contribution in [1.82, 2.24) is 5.06 Å². The van der Waals surface area contributed by atoms with Crippen LogP contribution in [0.2, 0.25) is 0 Å². The van der Waals surface area contributed by atoms with Crippen molar-refractivity contribution in [1.29, 1.82) is 0 Å². The Kier molecular flexibility index (Phi) is 3.38. The van der Waals surface area contributed by atoms with Crippen molar-refractivity contribution in [2.45, 2.75) is 6.92 Å². The molecule has 0 spiro atoms. The minimum absolute atomic E-state index is 0.214. The van der Waals surface area contributed by atoms with Gasteiger partial charge in [-0.3, -0.25) is 9.63 Å². The maximum absolute atomic E-state index is 10.1. The van der Waals surface area contributed by atoms with Gasteiger partial charge in [0.2, 0.25) is 6.41 Å². The summed E-state index contributed by atoms with van der Waals surface area (Å²) in [6.45, 7) is 1.88. The lowest BCUT2D eigenvalue weighted by Crippen LogP contribution is -2.34. The number of hydrogen-bond donors (Lipinski definition) is 1. The van der Waals surface area contributed by atoms with E-state index in [9.17, 15) is 9.59 Å². The summed E-state index contributed by atoms with van der Waals surface area (Å²) >= 11 is 0. The van der Waals surface area contributed by atoms with Crippen molar-refractivity contribution in [3.8, 4) is 0 Å². The van der Waals surface area contributed by atoms with Crippen LogP contribution >= 0.6 is 0 Å². The van der Waals surface area contributed by atoms with E-state index < -0.39 is 6.03 Å². The lowest BCUT2D eigenvalue weighted by molar-refractivity contribution is -0.151. The predicted molar refractivity (Wildman–Crippen MR) is 29.1 cm³/mol. The standard InChI is InChI=1S/C4H8N2O3/c1-2-9-6(3-7)4(5)8/h3H,2H2,1H3,(H2,5,8). The molecule has 0 radical (unpaired) electrons. The first-order chi connectivity index (χ1) is 4.22. The third-order valence-electron chi connectivity index (χ3n) is 0.581. The number of nitrogens with zero attached hydrogens (tertiary/aromatic N) is 1. The van der Waals surface area contributed by atoms with E-state index in [1.807, 2.05) is 0 Å². The highest BCUT2D eigenvalue weighted by atomic mass is 16.7. The topological polar surface area (TPSA) is 72.6 Å². The zero-order chi connectivity index (χ0) is 7.28. The zero-order valence-electron chi connectivity index (χ0n) is 5.03. The van der Waals surface area contributed by atoms with E-state index in [-0.39, 0.29) is 13.0 Å². The first-order valence-electron chi connectivity index (χ1n) is 2.39. The van der Waals surface area contributed by atoms with Crippen LogP contribution in [-0.2, 0) is 9.63 Å². The van der Waals surface area contributed by atoms with Gasteiger partial charge in [-0.2, -0.15) is 0 Å². The summed E-state index contributed by atoms with van der Waals surface area (Å²) in [6.07, 6.45) is 0.214. The van der Waals surface area contributed by atoms with E-state index in [4.69, 9.17) is 0 Å². The summed E-state index contributed by atoms with van der Waals surface area (Å²) in [7, 11) is 0. The number of urea groups is 1. The van der Waals surface area contributed by atoms with Gasteiger partial charge in [-0.15, -0.1) is 5.06 Å². The fourth-order valence-electron chi connectivity index (χ4n) is 0.285. The first kappa shape index (κ1) is 7.90. The Bertz CT molecular complexity index is 114. The minimum Gasteiger partial charge on any atom is -0.349 e. The molecular formula is C4H8N2O3. The molecule has 2 N–H and O–H groups in total. The van der Waals surface area contributed by atoms with E-state index in [1.54, 1.807) is 6.92 Å².